The van der Waals surface area contributed by atoms with Gasteiger partial charge < -0.3 is 16.2 Å². The van der Waals surface area contributed by atoms with E-state index >= 15 is 0 Å². The lowest BCUT2D eigenvalue weighted by atomic mass is 10.2. The number of esters is 1. The van der Waals surface area contributed by atoms with Crippen molar-refractivity contribution in [3.63, 3.8) is 0 Å². The van der Waals surface area contributed by atoms with Crippen molar-refractivity contribution in [1.29, 1.82) is 0 Å². The molecule has 106 valence electrons. The van der Waals surface area contributed by atoms with Crippen LogP contribution < -0.4 is 11.5 Å². The van der Waals surface area contributed by atoms with Gasteiger partial charge in [-0.2, -0.15) is 8.42 Å². The molecule has 5 N–H and O–H groups in total. The summed E-state index contributed by atoms with van der Waals surface area (Å²) in [5.74, 6) is -0.405. The molecule has 1 aromatic rings. The number of methoxy groups -OCH3 is 1. The first-order chi connectivity index (χ1) is 8.63. The van der Waals surface area contributed by atoms with Crippen LogP contribution in [-0.2, 0) is 14.9 Å². The van der Waals surface area contributed by atoms with Crippen LogP contribution >= 0.6 is 0 Å². The summed E-state index contributed by atoms with van der Waals surface area (Å²) in [6.45, 7) is 0. The average Bonchev–Trinajstić information content (AvgIpc) is 2.26. The van der Waals surface area contributed by atoms with Gasteiger partial charge in [0, 0.05) is 0 Å². The summed E-state index contributed by atoms with van der Waals surface area (Å²) in [4.78, 5) is 14.8. The fourth-order valence-electron chi connectivity index (χ4n) is 0.939. The zero-order valence-electron chi connectivity index (χ0n) is 10.4. The SMILES string of the molecule is COC(=O)c1ccc(N=C(N)N)cc1.CS(=O)(=O)O. The third-order valence-corrected chi connectivity index (χ3v) is 1.55. The molecule has 1 aromatic carbocycles. The molecule has 0 aromatic heterocycles. The maximum atomic E-state index is 11.0. The molecule has 0 fully saturated rings. The van der Waals surface area contributed by atoms with Crippen molar-refractivity contribution in [2.24, 2.45) is 16.5 Å². The predicted octanol–water partition coefficient (Wildman–Crippen LogP) is -0.118. The Morgan fingerprint density at radius 1 is 1.26 bits per heavy atom. The highest BCUT2D eigenvalue weighted by molar-refractivity contribution is 7.85. The fourth-order valence-corrected chi connectivity index (χ4v) is 0.939. The number of benzene rings is 1. The molecule has 1 rings (SSSR count). The maximum absolute atomic E-state index is 11.0. The summed E-state index contributed by atoms with van der Waals surface area (Å²) < 4.78 is 30.4. The van der Waals surface area contributed by atoms with E-state index in [0.717, 1.165) is 0 Å². The van der Waals surface area contributed by atoms with E-state index in [2.05, 4.69) is 9.73 Å². The molecule has 0 heterocycles. The fraction of sp³-hybridized carbons (Fsp3) is 0.200. The topological polar surface area (TPSA) is 145 Å². The highest BCUT2D eigenvalue weighted by atomic mass is 32.2. The Labute approximate surface area is 110 Å². The van der Waals surface area contributed by atoms with E-state index in [1.807, 2.05) is 0 Å². The normalized spacial score (nSPS) is 9.84. The van der Waals surface area contributed by atoms with Crippen molar-refractivity contribution in [2.45, 2.75) is 0 Å². The number of rotatable bonds is 2. The van der Waals surface area contributed by atoms with Crippen LogP contribution in [0.25, 0.3) is 0 Å². The maximum Gasteiger partial charge on any atom is 0.337 e. The largest absolute Gasteiger partial charge is 0.465 e. The molecule has 0 atom stereocenters. The Bertz CT molecular complexity index is 539. The van der Waals surface area contributed by atoms with Crippen molar-refractivity contribution in [1.82, 2.24) is 0 Å². The highest BCUT2D eigenvalue weighted by Gasteiger charge is 2.03. The number of carbonyl (C=O) groups excluding carboxylic acids is 1. The Balaban J connectivity index is 0.000000555. The van der Waals surface area contributed by atoms with E-state index < -0.39 is 10.1 Å². The first kappa shape index (κ1) is 16.9. The second-order valence-corrected chi connectivity index (χ2v) is 4.77. The van der Waals surface area contributed by atoms with Gasteiger partial charge >= 0.3 is 5.97 Å². The molecule has 0 unspecified atom stereocenters. The van der Waals surface area contributed by atoms with E-state index in [1.54, 1.807) is 24.3 Å². The Morgan fingerprint density at radius 2 is 1.68 bits per heavy atom. The van der Waals surface area contributed by atoms with Gasteiger partial charge in [0.15, 0.2) is 5.96 Å². The van der Waals surface area contributed by atoms with Crippen molar-refractivity contribution in [3.05, 3.63) is 29.8 Å². The molecule has 0 saturated carbocycles. The van der Waals surface area contributed by atoms with Gasteiger partial charge in [-0.05, 0) is 24.3 Å². The van der Waals surface area contributed by atoms with Crippen LogP contribution in [0.2, 0.25) is 0 Å². The molecule has 0 aliphatic carbocycles. The van der Waals surface area contributed by atoms with Gasteiger partial charge in [0.1, 0.15) is 0 Å². The number of ether oxygens (including phenoxy) is 1. The van der Waals surface area contributed by atoms with Crippen molar-refractivity contribution in [3.8, 4) is 0 Å². The summed E-state index contributed by atoms with van der Waals surface area (Å²) in [7, 11) is -2.34. The van der Waals surface area contributed by atoms with E-state index in [0.29, 0.717) is 17.5 Å². The summed E-state index contributed by atoms with van der Waals surface area (Å²) in [5.41, 5.74) is 11.4. The second kappa shape index (κ2) is 7.34. The Hall–Kier alpha value is -2.13. The molecule has 0 bridgehead atoms. The smallest absolute Gasteiger partial charge is 0.337 e. The third-order valence-electron chi connectivity index (χ3n) is 1.55. The Kier molecular flexibility index (Phi) is 6.51. The molecule has 0 spiro atoms. The number of hydrogen-bond donors (Lipinski definition) is 3. The zero-order chi connectivity index (χ0) is 15.1. The minimum atomic E-state index is -3.67. The van der Waals surface area contributed by atoms with Crippen molar-refractivity contribution < 1.29 is 22.5 Å². The van der Waals surface area contributed by atoms with E-state index in [4.69, 9.17) is 16.0 Å². The Morgan fingerprint density at radius 3 is 2.00 bits per heavy atom. The predicted molar refractivity (Wildman–Crippen MR) is 70.7 cm³/mol. The van der Waals surface area contributed by atoms with Gasteiger partial charge in [-0.1, -0.05) is 0 Å². The van der Waals surface area contributed by atoms with Crippen LogP contribution in [0.3, 0.4) is 0 Å². The monoisotopic (exact) mass is 289 g/mol. The standard InChI is InChI=1S/C9H11N3O2.CH4O3S/c1-14-8(13)6-2-4-7(5-3-6)12-9(10)11;1-5(2,3)4/h2-5H,1H3,(H4,10,11,12);1H3,(H,2,3,4). The lowest BCUT2D eigenvalue weighted by Crippen LogP contribution is -2.21. The van der Waals surface area contributed by atoms with Crippen LogP contribution in [0.1, 0.15) is 10.4 Å². The number of guanidine groups is 1. The number of carbonyl (C=O) groups is 1. The van der Waals surface area contributed by atoms with Crippen LogP contribution in [0.5, 0.6) is 0 Å². The summed E-state index contributed by atoms with van der Waals surface area (Å²) in [5, 5.41) is 0. The zero-order valence-corrected chi connectivity index (χ0v) is 11.2. The molecule has 0 saturated heterocycles. The molecule has 9 heteroatoms. The van der Waals surface area contributed by atoms with Gasteiger partial charge in [-0.25, -0.2) is 9.79 Å². The number of nitrogens with two attached hydrogens (primary N) is 2. The second-order valence-electron chi connectivity index (χ2n) is 3.31. The van der Waals surface area contributed by atoms with Gasteiger partial charge in [-0.15, -0.1) is 0 Å². The van der Waals surface area contributed by atoms with Crippen LogP contribution in [0.15, 0.2) is 29.3 Å². The van der Waals surface area contributed by atoms with Gasteiger partial charge in [-0.3, -0.25) is 4.55 Å². The average molecular weight is 289 g/mol. The van der Waals surface area contributed by atoms with Gasteiger partial charge in [0.2, 0.25) is 0 Å². The van der Waals surface area contributed by atoms with Gasteiger partial charge in [0.05, 0.1) is 24.6 Å². The number of aliphatic imine (C=N–C) groups is 1. The molecule has 8 nitrogen and oxygen atoms in total. The van der Waals surface area contributed by atoms with Crippen LogP contribution in [0, 0.1) is 0 Å². The molecule has 0 radical (unpaired) electrons. The van der Waals surface area contributed by atoms with E-state index in [1.165, 1.54) is 7.11 Å². The minimum Gasteiger partial charge on any atom is -0.465 e. The quantitative estimate of drug-likeness (QED) is 0.298. The lowest BCUT2D eigenvalue weighted by molar-refractivity contribution is 0.0600. The first-order valence-electron chi connectivity index (χ1n) is 4.84. The summed E-state index contributed by atoms with van der Waals surface area (Å²) in [6.07, 6.45) is 0.715. The molecular weight excluding hydrogens is 274 g/mol. The third kappa shape index (κ3) is 9.56. The summed E-state index contributed by atoms with van der Waals surface area (Å²) in [6, 6.07) is 6.44. The molecule has 0 aliphatic rings. The molecule has 0 aliphatic heterocycles. The highest BCUT2D eigenvalue weighted by Crippen LogP contribution is 2.12. The minimum absolute atomic E-state index is 0.0178. The van der Waals surface area contributed by atoms with E-state index in [9.17, 15) is 13.2 Å². The lowest BCUT2D eigenvalue weighted by Gasteiger charge is -1.99. The summed E-state index contributed by atoms with van der Waals surface area (Å²) >= 11 is 0. The first-order valence-corrected chi connectivity index (χ1v) is 6.68. The van der Waals surface area contributed by atoms with E-state index in [-0.39, 0.29) is 11.9 Å². The molecular formula is C10H15N3O5S. The van der Waals surface area contributed by atoms with Crippen molar-refractivity contribution in [2.75, 3.05) is 13.4 Å². The molecule has 0 amide bonds. The van der Waals surface area contributed by atoms with Crippen LogP contribution in [-0.4, -0.2) is 38.3 Å². The van der Waals surface area contributed by atoms with Crippen LogP contribution in [0.4, 0.5) is 5.69 Å². The number of nitrogens with zero attached hydrogens (tertiary/aromatic N) is 1. The van der Waals surface area contributed by atoms with Crippen molar-refractivity contribution >= 4 is 27.7 Å². The van der Waals surface area contributed by atoms with Gasteiger partial charge in [0.25, 0.3) is 10.1 Å². The number of hydrogen-bond acceptors (Lipinski definition) is 5. The molecule has 19 heavy (non-hydrogen) atoms.